The second kappa shape index (κ2) is 10.8. The number of aliphatic hydroxyl groups is 1. The lowest BCUT2D eigenvalue weighted by Gasteiger charge is -2.26. The molecule has 0 bridgehead atoms. The number of nitrogens with zero attached hydrogens (tertiary/aromatic N) is 2. The lowest BCUT2D eigenvalue weighted by molar-refractivity contribution is -0.139. The average Bonchev–Trinajstić information content (AvgIpc) is 3.07. The van der Waals surface area contributed by atoms with E-state index in [9.17, 15) is 14.7 Å². The van der Waals surface area contributed by atoms with Gasteiger partial charge in [-0.25, -0.2) is 0 Å². The zero-order chi connectivity index (χ0) is 24.0. The lowest BCUT2D eigenvalue weighted by Crippen LogP contribution is -2.32. The molecule has 1 atom stereocenters. The molecule has 1 fully saturated rings. The van der Waals surface area contributed by atoms with E-state index in [1.54, 1.807) is 54.5 Å². The maximum atomic E-state index is 13.1. The van der Waals surface area contributed by atoms with Crippen LogP contribution in [0.25, 0.3) is 5.76 Å². The second-order valence-corrected chi connectivity index (χ2v) is 8.05. The second-order valence-electron chi connectivity index (χ2n) is 8.05. The van der Waals surface area contributed by atoms with E-state index < -0.39 is 17.7 Å². The SMILES string of the molecule is C=CCOc1ccc(C2C(=C(O)c3ccc(OC)cc3)C(=O)C(=O)N2CCCN(C)C)cc1. The van der Waals surface area contributed by atoms with Gasteiger partial charge in [0.25, 0.3) is 11.7 Å². The van der Waals surface area contributed by atoms with Crippen LogP contribution in [0.1, 0.15) is 23.6 Å². The molecule has 0 radical (unpaired) electrons. The van der Waals surface area contributed by atoms with Gasteiger partial charge in [0.2, 0.25) is 0 Å². The Kier molecular flexibility index (Phi) is 7.90. The molecule has 0 spiro atoms. The number of methoxy groups -OCH3 is 1. The minimum Gasteiger partial charge on any atom is -0.507 e. The molecular weight excluding hydrogens is 420 g/mol. The van der Waals surface area contributed by atoms with Crippen molar-refractivity contribution in [3.05, 3.63) is 77.9 Å². The predicted molar refractivity (Wildman–Crippen MR) is 127 cm³/mol. The quantitative estimate of drug-likeness (QED) is 0.258. The van der Waals surface area contributed by atoms with Crippen molar-refractivity contribution >= 4 is 17.4 Å². The van der Waals surface area contributed by atoms with Crippen LogP contribution in [0, 0.1) is 0 Å². The predicted octanol–water partition coefficient (Wildman–Crippen LogP) is 3.63. The van der Waals surface area contributed by atoms with Gasteiger partial charge in [-0.05, 0) is 69.0 Å². The van der Waals surface area contributed by atoms with Crippen molar-refractivity contribution in [1.82, 2.24) is 9.80 Å². The van der Waals surface area contributed by atoms with Gasteiger partial charge in [0.15, 0.2) is 0 Å². The fourth-order valence-corrected chi connectivity index (χ4v) is 3.82. The van der Waals surface area contributed by atoms with Crippen LogP contribution >= 0.6 is 0 Å². The number of aliphatic hydroxyl groups excluding tert-OH is 1. The average molecular weight is 451 g/mol. The largest absolute Gasteiger partial charge is 0.507 e. The smallest absolute Gasteiger partial charge is 0.295 e. The van der Waals surface area contributed by atoms with Crippen LogP contribution in [0.5, 0.6) is 11.5 Å². The molecule has 33 heavy (non-hydrogen) atoms. The first kappa shape index (κ1) is 24.1. The molecule has 1 saturated heterocycles. The monoisotopic (exact) mass is 450 g/mol. The van der Waals surface area contributed by atoms with E-state index in [0.717, 1.165) is 12.1 Å². The lowest BCUT2D eigenvalue weighted by atomic mass is 9.95. The van der Waals surface area contributed by atoms with E-state index in [-0.39, 0.29) is 11.3 Å². The molecule has 1 amide bonds. The van der Waals surface area contributed by atoms with Crippen LogP contribution in [0.2, 0.25) is 0 Å². The number of ether oxygens (including phenoxy) is 2. The highest BCUT2D eigenvalue weighted by Crippen LogP contribution is 2.40. The highest BCUT2D eigenvalue weighted by molar-refractivity contribution is 6.46. The summed E-state index contributed by atoms with van der Waals surface area (Å²) in [5.41, 5.74) is 1.24. The fraction of sp³-hybridized carbons (Fsp3) is 0.308. The van der Waals surface area contributed by atoms with Crippen molar-refractivity contribution in [2.75, 3.05) is 40.9 Å². The first-order chi connectivity index (χ1) is 15.9. The van der Waals surface area contributed by atoms with Crippen LogP contribution in [0.4, 0.5) is 0 Å². The molecule has 1 N–H and O–H groups in total. The van der Waals surface area contributed by atoms with E-state index in [2.05, 4.69) is 6.58 Å². The van der Waals surface area contributed by atoms with Gasteiger partial charge in [-0.1, -0.05) is 24.8 Å². The van der Waals surface area contributed by atoms with Gasteiger partial charge >= 0.3 is 0 Å². The molecule has 1 heterocycles. The minimum atomic E-state index is -0.692. The Morgan fingerprint density at radius 1 is 1.09 bits per heavy atom. The van der Waals surface area contributed by atoms with Gasteiger partial charge in [0, 0.05) is 12.1 Å². The number of likely N-dealkylation sites (tertiary alicyclic amines) is 1. The number of Topliss-reactive ketones (excluding diaryl/α,β-unsaturated/α-hetero) is 1. The zero-order valence-electron chi connectivity index (χ0n) is 19.3. The number of benzene rings is 2. The molecule has 174 valence electrons. The van der Waals surface area contributed by atoms with E-state index >= 15 is 0 Å². The van der Waals surface area contributed by atoms with Crippen LogP contribution in [0.15, 0.2) is 66.8 Å². The third kappa shape index (κ3) is 5.43. The molecule has 1 unspecified atom stereocenters. The fourth-order valence-electron chi connectivity index (χ4n) is 3.82. The van der Waals surface area contributed by atoms with Crippen LogP contribution in [-0.2, 0) is 9.59 Å². The van der Waals surface area contributed by atoms with Gasteiger partial charge in [0.1, 0.15) is 23.9 Å². The van der Waals surface area contributed by atoms with Gasteiger partial charge in [-0.2, -0.15) is 0 Å². The summed E-state index contributed by atoms with van der Waals surface area (Å²) in [6, 6.07) is 13.2. The molecule has 7 nitrogen and oxygen atoms in total. The normalized spacial score (nSPS) is 17.5. The Balaban J connectivity index is 2.03. The van der Waals surface area contributed by atoms with Crippen LogP contribution < -0.4 is 9.47 Å². The van der Waals surface area contributed by atoms with Crippen molar-refractivity contribution in [2.45, 2.75) is 12.5 Å². The van der Waals surface area contributed by atoms with Crippen molar-refractivity contribution in [1.29, 1.82) is 0 Å². The van der Waals surface area contributed by atoms with Gasteiger partial charge in [-0.15, -0.1) is 0 Å². The third-order valence-corrected chi connectivity index (χ3v) is 5.47. The summed E-state index contributed by atoms with van der Waals surface area (Å²) in [6.45, 7) is 5.17. The Morgan fingerprint density at radius 3 is 2.30 bits per heavy atom. The highest BCUT2D eigenvalue weighted by atomic mass is 16.5. The third-order valence-electron chi connectivity index (χ3n) is 5.47. The number of ketones is 1. The molecule has 0 aromatic heterocycles. The van der Waals surface area contributed by atoms with E-state index in [4.69, 9.17) is 9.47 Å². The molecule has 7 heteroatoms. The van der Waals surface area contributed by atoms with Crippen molar-refractivity contribution < 1.29 is 24.2 Å². The standard InChI is InChI=1S/C26H30N2O5/c1-5-17-33-21-13-7-18(8-14-21)23-22(24(29)19-9-11-20(32-4)12-10-19)25(30)26(31)28(23)16-6-15-27(2)3/h5,7-14,23,29H,1,6,15-17H2,2-4H3. The molecular formula is C26H30N2O5. The number of amides is 1. The molecule has 0 saturated carbocycles. The zero-order valence-corrected chi connectivity index (χ0v) is 19.3. The first-order valence-corrected chi connectivity index (χ1v) is 10.8. The minimum absolute atomic E-state index is 0.0785. The molecule has 0 aliphatic carbocycles. The number of carbonyl (C=O) groups is 2. The van der Waals surface area contributed by atoms with Gasteiger partial charge in [-0.3, -0.25) is 9.59 Å². The molecule has 1 aliphatic heterocycles. The Morgan fingerprint density at radius 2 is 1.73 bits per heavy atom. The van der Waals surface area contributed by atoms with E-state index in [0.29, 0.717) is 36.6 Å². The maximum absolute atomic E-state index is 13.1. The Hall–Kier alpha value is -3.58. The summed E-state index contributed by atoms with van der Waals surface area (Å²) in [7, 11) is 5.46. The summed E-state index contributed by atoms with van der Waals surface area (Å²) in [4.78, 5) is 29.6. The topological polar surface area (TPSA) is 79.3 Å². The summed E-state index contributed by atoms with van der Waals surface area (Å²) in [5.74, 6) is -0.227. The van der Waals surface area contributed by atoms with E-state index in [1.165, 1.54) is 0 Å². The number of hydrogen-bond donors (Lipinski definition) is 1. The molecule has 3 rings (SSSR count). The Labute approximate surface area is 194 Å². The molecule has 2 aromatic rings. The van der Waals surface area contributed by atoms with Crippen LogP contribution in [-0.4, -0.2) is 67.5 Å². The molecule has 1 aliphatic rings. The van der Waals surface area contributed by atoms with Crippen molar-refractivity contribution in [3.63, 3.8) is 0 Å². The Bertz CT molecular complexity index is 1030. The number of rotatable bonds is 10. The van der Waals surface area contributed by atoms with Crippen molar-refractivity contribution in [3.8, 4) is 11.5 Å². The highest BCUT2D eigenvalue weighted by Gasteiger charge is 2.45. The summed E-state index contributed by atoms with van der Waals surface area (Å²) >= 11 is 0. The van der Waals surface area contributed by atoms with Gasteiger partial charge < -0.3 is 24.4 Å². The van der Waals surface area contributed by atoms with Crippen molar-refractivity contribution in [2.24, 2.45) is 0 Å². The first-order valence-electron chi connectivity index (χ1n) is 10.8. The number of hydrogen-bond acceptors (Lipinski definition) is 6. The maximum Gasteiger partial charge on any atom is 0.295 e. The number of carbonyl (C=O) groups excluding carboxylic acids is 2. The molecule has 2 aromatic carbocycles. The van der Waals surface area contributed by atoms with E-state index in [1.807, 2.05) is 31.1 Å². The van der Waals surface area contributed by atoms with Crippen LogP contribution in [0.3, 0.4) is 0 Å². The van der Waals surface area contributed by atoms with Gasteiger partial charge in [0.05, 0.1) is 18.7 Å². The summed E-state index contributed by atoms with van der Waals surface area (Å²) < 4.78 is 10.7. The summed E-state index contributed by atoms with van der Waals surface area (Å²) in [5, 5.41) is 11.1. The summed E-state index contributed by atoms with van der Waals surface area (Å²) in [6.07, 6.45) is 2.35.